The van der Waals surface area contributed by atoms with E-state index < -0.39 is 23.5 Å². The molecule has 2 heterocycles. The summed E-state index contributed by atoms with van der Waals surface area (Å²) >= 11 is 5.84. The molecule has 2 aromatic heterocycles. The van der Waals surface area contributed by atoms with Crippen LogP contribution in [0.4, 0.5) is 55.2 Å². The summed E-state index contributed by atoms with van der Waals surface area (Å²) in [6.45, 7) is 0. The number of aromatic nitrogens is 3. The smallest absolute Gasteiger partial charge is 0.393 e. The fraction of sp³-hybridized carbons (Fsp3) is 0.118. The van der Waals surface area contributed by atoms with Crippen molar-refractivity contribution < 1.29 is 26.3 Å². The van der Waals surface area contributed by atoms with Crippen molar-refractivity contribution in [2.24, 2.45) is 0 Å². The van der Waals surface area contributed by atoms with Gasteiger partial charge in [-0.1, -0.05) is 17.7 Å². The van der Waals surface area contributed by atoms with Crippen LogP contribution in [0.1, 0.15) is 11.1 Å². The van der Waals surface area contributed by atoms with E-state index in [0.717, 1.165) is 18.5 Å². The molecule has 0 amide bonds. The Morgan fingerprint density at radius 1 is 0.800 bits per heavy atom. The van der Waals surface area contributed by atoms with Crippen molar-refractivity contribution in [1.29, 1.82) is 0 Å². The number of nitrogens with two attached hydrogens (primary N) is 1. The number of rotatable bonds is 4. The summed E-state index contributed by atoms with van der Waals surface area (Å²) in [7, 11) is 0. The minimum absolute atomic E-state index is 0.0325. The molecule has 0 spiro atoms. The largest absolute Gasteiger partial charge is 0.417 e. The van der Waals surface area contributed by atoms with Gasteiger partial charge in [-0.05, 0) is 24.3 Å². The molecule has 0 radical (unpaired) electrons. The molecule has 0 aliphatic heterocycles. The number of anilines is 5. The highest BCUT2D eigenvalue weighted by molar-refractivity contribution is 6.33. The minimum atomic E-state index is -4.62. The monoisotopic (exact) mass is 448 g/mol. The Hall–Kier alpha value is -3.28. The van der Waals surface area contributed by atoms with Crippen molar-refractivity contribution in [3.05, 3.63) is 59.0 Å². The summed E-state index contributed by atoms with van der Waals surface area (Å²) in [5.41, 5.74) is 3.96. The van der Waals surface area contributed by atoms with Gasteiger partial charge in [0.1, 0.15) is 17.8 Å². The zero-order valence-electron chi connectivity index (χ0n) is 14.6. The maximum atomic E-state index is 12.9. The topological polar surface area (TPSA) is 88.8 Å². The van der Waals surface area contributed by atoms with Crippen molar-refractivity contribution in [3.63, 3.8) is 0 Å². The van der Waals surface area contributed by atoms with Gasteiger partial charge < -0.3 is 16.4 Å². The van der Waals surface area contributed by atoms with Crippen LogP contribution in [-0.2, 0) is 12.4 Å². The van der Waals surface area contributed by atoms with Gasteiger partial charge in [-0.15, -0.1) is 0 Å². The van der Waals surface area contributed by atoms with Crippen molar-refractivity contribution in [2.75, 3.05) is 16.4 Å². The molecule has 3 rings (SSSR count). The lowest BCUT2D eigenvalue weighted by atomic mass is 10.2. The van der Waals surface area contributed by atoms with E-state index in [4.69, 9.17) is 17.3 Å². The predicted molar refractivity (Wildman–Crippen MR) is 98.7 cm³/mol. The summed E-state index contributed by atoms with van der Waals surface area (Å²) in [5.74, 6) is -0.247. The van der Waals surface area contributed by atoms with Crippen molar-refractivity contribution in [3.8, 4) is 0 Å². The van der Waals surface area contributed by atoms with E-state index in [2.05, 4.69) is 25.6 Å². The van der Waals surface area contributed by atoms with Gasteiger partial charge in [0.05, 0.1) is 16.1 Å². The van der Waals surface area contributed by atoms with Gasteiger partial charge >= 0.3 is 12.4 Å². The molecule has 6 nitrogen and oxygen atoms in total. The van der Waals surface area contributed by atoms with E-state index in [1.54, 1.807) is 0 Å². The number of alkyl halides is 6. The zero-order valence-corrected chi connectivity index (χ0v) is 15.4. The van der Waals surface area contributed by atoms with E-state index in [1.807, 2.05) is 0 Å². The van der Waals surface area contributed by atoms with Crippen molar-refractivity contribution in [2.45, 2.75) is 12.4 Å². The third kappa shape index (κ3) is 4.82. The van der Waals surface area contributed by atoms with E-state index >= 15 is 0 Å². The summed E-state index contributed by atoms with van der Waals surface area (Å²) in [5, 5.41) is 4.87. The Morgan fingerprint density at radius 3 is 2.03 bits per heavy atom. The average Bonchev–Trinajstić information content (AvgIpc) is 2.65. The first kappa shape index (κ1) is 21.4. The number of nitrogen functional groups attached to an aromatic ring is 1. The molecule has 4 N–H and O–H groups in total. The summed E-state index contributed by atoms with van der Waals surface area (Å²) in [4.78, 5) is 11.3. The Labute approximate surface area is 170 Å². The third-order valence-electron chi connectivity index (χ3n) is 3.74. The van der Waals surface area contributed by atoms with Crippen LogP contribution >= 0.6 is 11.6 Å². The lowest BCUT2D eigenvalue weighted by Gasteiger charge is -2.14. The van der Waals surface area contributed by atoms with Gasteiger partial charge in [-0.3, -0.25) is 0 Å². The van der Waals surface area contributed by atoms with Crippen LogP contribution in [0.2, 0.25) is 5.02 Å². The average molecular weight is 449 g/mol. The number of pyridine rings is 1. The number of nitrogens with zero attached hydrogens (tertiary/aromatic N) is 3. The van der Waals surface area contributed by atoms with Gasteiger partial charge in [0, 0.05) is 11.9 Å². The number of hydrogen-bond donors (Lipinski definition) is 3. The summed E-state index contributed by atoms with van der Waals surface area (Å²) < 4.78 is 76.7. The second-order valence-electron chi connectivity index (χ2n) is 5.87. The van der Waals surface area contributed by atoms with Crippen molar-refractivity contribution >= 4 is 40.4 Å². The Balaban J connectivity index is 1.86. The summed E-state index contributed by atoms with van der Waals surface area (Å²) in [6.07, 6.45) is -7.53. The van der Waals surface area contributed by atoms with Gasteiger partial charge in [0.15, 0.2) is 11.6 Å². The molecule has 3 aromatic rings. The molecule has 0 atom stereocenters. The van der Waals surface area contributed by atoms with Crippen LogP contribution in [0.25, 0.3) is 0 Å². The first-order valence-electron chi connectivity index (χ1n) is 7.99. The van der Waals surface area contributed by atoms with Crippen LogP contribution in [0.5, 0.6) is 0 Å². The second-order valence-corrected chi connectivity index (χ2v) is 6.27. The van der Waals surface area contributed by atoms with Crippen LogP contribution in [-0.4, -0.2) is 15.0 Å². The maximum Gasteiger partial charge on any atom is 0.417 e. The molecular formula is C17H11ClF6N6. The SMILES string of the molecule is Nc1c(Nc2cccc(C(F)(F)F)c2)ncnc1Nc1ncc(C(F)(F)F)cc1Cl. The highest BCUT2D eigenvalue weighted by Crippen LogP contribution is 2.35. The second kappa shape index (κ2) is 7.86. The normalized spacial score (nSPS) is 12.0. The van der Waals surface area contributed by atoms with E-state index in [9.17, 15) is 26.3 Å². The highest BCUT2D eigenvalue weighted by atomic mass is 35.5. The summed E-state index contributed by atoms with van der Waals surface area (Å²) in [6, 6.07) is 5.02. The molecule has 158 valence electrons. The van der Waals surface area contributed by atoms with Gasteiger partial charge in [-0.2, -0.15) is 26.3 Å². The van der Waals surface area contributed by atoms with Crippen molar-refractivity contribution in [1.82, 2.24) is 15.0 Å². The molecule has 0 unspecified atom stereocenters. The van der Waals surface area contributed by atoms with Gasteiger partial charge in [-0.25, -0.2) is 15.0 Å². The van der Waals surface area contributed by atoms with E-state index in [-0.39, 0.29) is 33.9 Å². The van der Waals surface area contributed by atoms with Crippen LogP contribution in [0.3, 0.4) is 0 Å². The molecular weight excluding hydrogens is 438 g/mol. The molecule has 1 aromatic carbocycles. The fourth-order valence-corrected chi connectivity index (χ4v) is 2.52. The Kier molecular flexibility index (Phi) is 5.61. The first-order chi connectivity index (χ1) is 13.9. The number of nitrogens with one attached hydrogen (secondary N) is 2. The molecule has 0 aliphatic rings. The molecule has 0 fully saturated rings. The standard InChI is InChI=1S/C17H11ClF6N6/c18-11-5-9(17(22,23)24)6-26-13(11)30-15-12(25)14(27-7-28-15)29-10-3-1-2-8(4-10)16(19,20)21/h1-7H,25H2,(H2,26,27,28,29,30). The Bertz CT molecular complexity index is 1070. The third-order valence-corrected chi connectivity index (χ3v) is 4.03. The van der Waals surface area contributed by atoms with Gasteiger partial charge in [0.2, 0.25) is 0 Å². The number of hydrogen-bond acceptors (Lipinski definition) is 6. The number of benzene rings is 1. The van der Waals surface area contributed by atoms with Gasteiger partial charge in [0.25, 0.3) is 0 Å². The highest BCUT2D eigenvalue weighted by Gasteiger charge is 2.32. The van der Waals surface area contributed by atoms with E-state index in [0.29, 0.717) is 12.3 Å². The minimum Gasteiger partial charge on any atom is -0.393 e. The Morgan fingerprint density at radius 2 is 1.43 bits per heavy atom. The molecule has 0 saturated carbocycles. The van der Waals surface area contributed by atoms with E-state index in [1.165, 1.54) is 12.1 Å². The lowest BCUT2D eigenvalue weighted by Crippen LogP contribution is -2.09. The predicted octanol–water partition coefficient (Wildman–Crippen LogP) is 5.63. The van der Waals surface area contributed by atoms with Crippen LogP contribution < -0.4 is 16.4 Å². The molecule has 0 saturated heterocycles. The number of halogens is 7. The van der Waals surface area contributed by atoms with Crippen LogP contribution in [0, 0.1) is 0 Å². The quantitative estimate of drug-likeness (QED) is 0.448. The molecule has 0 bridgehead atoms. The maximum absolute atomic E-state index is 12.9. The zero-order chi connectivity index (χ0) is 22.1. The lowest BCUT2D eigenvalue weighted by molar-refractivity contribution is -0.138. The molecule has 0 aliphatic carbocycles. The molecule has 30 heavy (non-hydrogen) atoms. The fourth-order valence-electron chi connectivity index (χ4n) is 2.30. The van der Waals surface area contributed by atoms with Crippen LogP contribution in [0.15, 0.2) is 42.9 Å². The first-order valence-corrected chi connectivity index (χ1v) is 8.37. The molecule has 13 heteroatoms.